The highest BCUT2D eigenvalue weighted by Crippen LogP contribution is 2.11. The first kappa shape index (κ1) is 7.38. The number of hydrogen-bond acceptors (Lipinski definition) is 2. The van der Waals surface area contributed by atoms with Gasteiger partial charge in [0.2, 0.25) is 0 Å². The zero-order chi connectivity index (χ0) is 6.69. The maximum absolute atomic E-state index is 11.0. The molecule has 54 valence electrons. The summed E-state index contributed by atoms with van der Waals surface area (Å²) in [5, 5.41) is 0.354. The van der Waals surface area contributed by atoms with Crippen LogP contribution in [0.3, 0.4) is 0 Å². The van der Waals surface area contributed by atoms with Crippen LogP contribution >= 0.6 is 0 Å². The van der Waals surface area contributed by atoms with Crippen LogP contribution in [-0.4, -0.2) is 16.3 Å². The van der Waals surface area contributed by atoms with Crippen LogP contribution in [0, 0.1) is 0 Å². The van der Waals surface area contributed by atoms with Gasteiger partial charge in [0, 0.05) is 17.9 Å². The first-order valence-corrected chi connectivity index (χ1v) is 4.66. The van der Waals surface area contributed by atoms with E-state index in [0.717, 1.165) is 13.0 Å². The topological polar surface area (TPSA) is 35.1 Å². The Bertz CT molecular complexity index is 79.1. The van der Waals surface area contributed by atoms with E-state index in [9.17, 15) is 4.55 Å². The van der Waals surface area contributed by atoms with Gasteiger partial charge in [-0.15, -0.1) is 4.72 Å². The van der Waals surface area contributed by atoms with Crippen molar-refractivity contribution in [3.05, 3.63) is 0 Å². The molecular weight excluding hydrogens is 134 g/mol. The molecule has 0 amide bonds. The van der Waals surface area contributed by atoms with Gasteiger partial charge in [-0.25, -0.2) is 0 Å². The van der Waals surface area contributed by atoms with Gasteiger partial charge in [0.15, 0.2) is 0 Å². The van der Waals surface area contributed by atoms with Crippen LogP contribution in [-0.2, 0) is 11.4 Å². The van der Waals surface area contributed by atoms with E-state index in [0.29, 0.717) is 5.25 Å². The normalized spacial score (nSPS) is 38.0. The molecule has 1 rings (SSSR count). The standard InChI is InChI=1S/C6H13NOS/c1-6-4-2-3-5-7-9(6)8/h6-7H,2-5H2,1H3. The average molecular weight is 147 g/mol. The third-order valence-corrected chi connectivity index (χ3v) is 3.10. The van der Waals surface area contributed by atoms with Gasteiger partial charge in [-0.3, -0.25) is 0 Å². The van der Waals surface area contributed by atoms with Crippen LogP contribution in [0.5, 0.6) is 0 Å². The van der Waals surface area contributed by atoms with Gasteiger partial charge in [-0.05, 0) is 26.2 Å². The Morgan fingerprint density at radius 3 is 3.11 bits per heavy atom. The molecular formula is C6H13NOS. The fourth-order valence-corrected chi connectivity index (χ4v) is 1.99. The van der Waals surface area contributed by atoms with Gasteiger partial charge in [0.1, 0.15) is 5.25 Å². The summed E-state index contributed by atoms with van der Waals surface area (Å²) in [5.74, 6) is 0. The van der Waals surface area contributed by atoms with E-state index in [4.69, 9.17) is 0 Å². The molecule has 1 saturated heterocycles. The summed E-state index contributed by atoms with van der Waals surface area (Å²) in [4.78, 5) is 0. The summed E-state index contributed by atoms with van der Waals surface area (Å²) < 4.78 is 14.0. The van der Waals surface area contributed by atoms with E-state index < -0.39 is 11.4 Å². The highest BCUT2D eigenvalue weighted by molar-refractivity contribution is 7.90. The Morgan fingerprint density at radius 1 is 1.56 bits per heavy atom. The zero-order valence-corrected chi connectivity index (χ0v) is 6.54. The van der Waals surface area contributed by atoms with Crippen molar-refractivity contribution in [2.75, 3.05) is 6.54 Å². The van der Waals surface area contributed by atoms with Crippen LogP contribution < -0.4 is 4.72 Å². The van der Waals surface area contributed by atoms with Crippen molar-refractivity contribution in [2.45, 2.75) is 31.4 Å². The fourth-order valence-electron chi connectivity index (χ4n) is 0.979. The maximum Gasteiger partial charge on any atom is 0.132 e. The van der Waals surface area contributed by atoms with E-state index in [2.05, 4.69) is 4.72 Å². The van der Waals surface area contributed by atoms with Crippen LogP contribution in [0.15, 0.2) is 0 Å². The van der Waals surface area contributed by atoms with E-state index in [1.165, 1.54) is 12.8 Å². The predicted molar refractivity (Wildman–Crippen MR) is 39.5 cm³/mol. The molecule has 1 fully saturated rings. The Kier molecular flexibility index (Phi) is 2.82. The summed E-state index contributed by atoms with van der Waals surface area (Å²) in [6.45, 7) is 2.96. The van der Waals surface area contributed by atoms with Crippen molar-refractivity contribution < 1.29 is 4.55 Å². The molecule has 9 heavy (non-hydrogen) atoms. The van der Waals surface area contributed by atoms with Crippen LogP contribution in [0.25, 0.3) is 0 Å². The van der Waals surface area contributed by atoms with Gasteiger partial charge < -0.3 is 4.55 Å². The van der Waals surface area contributed by atoms with Crippen molar-refractivity contribution in [2.24, 2.45) is 0 Å². The molecule has 0 bridgehead atoms. The SMILES string of the molecule is CC1CCCCN[S+]1[O-]. The van der Waals surface area contributed by atoms with Gasteiger partial charge in [0.25, 0.3) is 0 Å². The molecule has 0 aromatic rings. The lowest BCUT2D eigenvalue weighted by Crippen LogP contribution is -2.30. The van der Waals surface area contributed by atoms with Gasteiger partial charge >= 0.3 is 0 Å². The Hall–Kier alpha value is 0.270. The van der Waals surface area contributed by atoms with Crippen molar-refractivity contribution >= 4 is 11.4 Å². The van der Waals surface area contributed by atoms with Crippen LogP contribution in [0.1, 0.15) is 26.2 Å². The molecule has 3 heteroatoms. The Morgan fingerprint density at radius 2 is 2.33 bits per heavy atom. The Balaban J connectivity index is 2.32. The molecule has 1 N–H and O–H groups in total. The van der Waals surface area contributed by atoms with Crippen molar-refractivity contribution in [1.82, 2.24) is 4.72 Å². The minimum absolute atomic E-state index is 0.354. The smallest absolute Gasteiger partial charge is 0.132 e. The van der Waals surface area contributed by atoms with Gasteiger partial charge in [-0.2, -0.15) is 0 Å². The largest absolute Gasteiger partial charge is 0.598 e. The molecule has 2 nitrogen and oxygen atoms in total. The minimum Gasteiger partial charge on any atom is -0.598 e. The highest BCUT2D eigenvalue weighted by Gasteiger charge is 2.19. The molecule has 0 aromatic heterocycles. The minimum atomic E-state index is -0.752. The quantitative estimate of drug-likeness (QED) is 0.515. The molecule has 1 aliphatic rings. The summed E-state index contributed by atoms with van der Waals surface area (Å²) in [6.07, 6.45) is 3.51. The summed E-state index contributed by atoms with van der Waals surface area (Å²) in [5.41, 5.74) is 0. The summed E-state index contributed by atoms with van der Waals surface area (Å²) in [7, 11) is 0. The summed E-state index contributed by atoms with van der Waals surface area (Å²) >= 11 is -0.752. The predicted octanol–water partition coefficient (Wildman–Crippen LogP) is 0.812. The average Bonchev–Trinajstić information content (AvgIpc) is 1.99. The molecule has 0 saturated carbocycles. The lowest BCUT2D eigenvalue weighted by atomic mass is 10.2. The molecule has 0 spiro atoms. The Labute approximate surface area is 59.3 Å². The number of hydrogen-bond donors (Lipinski definition) is 1. The molecule has 2 atom stereocenters. The molecule has 1 heterocycles. The van der Waals surface area contributed by atoms with E-state index in [1.54, 1.807) is 0 Å². The van der Waals surface area contributed by atoms with Gasteiger partial charge in [-0.1, -0.05) is 0 Å². The molecule has 0 radical (unpaired) electrons. The van der Waals surface area contributed by atoms with Gasteiger partial charge in [0.05, 0.1) is 0 Å². The monoisotopic (exact) mass is 147 g/mol. The lowest BCUT2D eigenvalue weighted by molar-refractivity contribution is 0.572. The molecule has 0 aromatic carbocycles. The summed E-state index contributed by atoms with van der Waals surface area (Å²) in [6, 6.07) is 0. The first-order chi connectivity index (χ1) is 4.30. The second-order valence-corrected chi connectivity index (χ2v) is 4.19. The second kappa shape index (κ2) is 3.44. The molecule has 1 aliphatic heterocycles. The molecule has 2 unspecified atom stereocenters. The van der Waals surface area contributed by atoms with E-state index >= 15 is 0 Å². The first-order valence-electron chi connectivity index (χ1n) is 3.45. The lowest BCUT2D eigenvalue weighted by Gasteiger charge is -2.12. The zero-order valence-electron chi connectivity index (χ0n) is 5.72. The second-order valence-electron chi connectivity index (χ2n) is 2.50. The third-order valence-electron chi connectivity index (χ3n) is 1.65. The van der Waals surface area contributed by atoms with E-state index in [1.807, 2.05) is 6.92 Å². The van der Waals surface area contributed by atoms with Crippen molar-refractivity contribution in [1.29, 1.82) is 0 Å². The number of nitrogens with one attached hydrogen (secondary N) is 1. The third kappa shape index (κ3) is 2.16. The van der Waals surface area contributed by atoms with Crippen LogP contribution in [0.4, 0.5) is 0 Å². The number of rotatable bonds is 0. The maximum atomic E-state index is 11.0. The fraction of sp³-hybridized carbons (Fsp3) is 1.00. The van der Waals surface area contributed by atoms with Crippen molar-refractivity contribution in [3.63, 3.8) is 0 Å². The van der Waals surface area contributed by atoms with Crippen LogP contribution in [0.2, 0.25) is 0 Å². The molecule has 0 aliphatic carbocycles. The van der Waals surface area contributed by atoms with Crippen molar-refractivity contribution in [3.8, 4) is 0 Å². The highest BCUT2D eigenvalue weighted by atomic mass is 32.2. The van der Waals surface area contributed by atoms with E-state index in [-0.39, 0.29) is 0 Å².